The number of aliphatic hydroxyl groups excluding tert-OH is 1. The number of thiazole rings is 1. The molecule has 4 aromatic rings. The van der Waals surface area contributed by atoms with Gasteiger partial charge in [0.25, 0.3) is 11.8 Å². The predicted molar refractivity (Wildman–Crippen MR) is 139 cm³/mol. The Bertz CT molecular complexity index is 1490. The van der Waals surface area contributed by atoms with E-state index in [1.807, 2.05) is 28.1 Å². The molecule has 0 spiro atoms. The summed E-state index contributed by atoms with van der Waals surface area (Å²) in [5.41, 5.74) is 3.49. The van der Waals surface area contributed by atoms with E-state index in [9.17, 15) is 14.7 Å². The van der Waals surface area contributed by atoms with Crippen LogP contribution in [0, 0.1) is 0 Å². The minimum Gasteiger partial charge on any atom is -0.396 e. The highest BCUT2D eigenvalue weighted by Crippen LogP contribution is 2.32. The maximum Gasteiger partial charge on any atom is 0.266 e. The Balaban J connectivity index is 1.58. The van der Waals surface area contributed by atoms with Crippen molar-refractivity contribution in [1.82, 2.24) is 4.57 Å². The normalized spacial score (nSPS) is 13.6. The van der Waals surface area contributed by atoms with Crippen molar-refractivity contribution in [1.29, 1.82) is 0 Å². The number of carbonyl (C=O) groups is 2. The molecule has 35 heavy (non-hydrogen) atoms. The standard InChI is InChI=1S/C26H19Cl2N3O3S/c27-17-9-10-21(28)22(14-17)29-26-30(11-4-12-32)23(15-35-26)16-5-3-6-18(13-16)31-24(33)19-7-1-2-8-20(19)25(31)34/h1-3,5-10,13-15,32H,4,11-12H2. The van der Waals surface area contributed by atoms with Gasteiger partial charge in [0.15, 0.2) is 4.80 Å². The van der Waals surface area contributed by atoms with Gasteiger partial charge in [0.2, 0.25) is 0 Å². The number of nitrogens with zero attached hydrogens (tertiary/aromatic N) is 3. The summed E-state index contributed by atoms with van der Waals surface area (Å²) in [6, 6.07) is 19.2. The summed E-state index contributed by atoms with van der Waals surface area (Å²) < 4.78 is 1.99. The van der Waals surface area contributed by atoms with E-state index in [1.165, 1.54) is 16.2 Å². The van der Waals surface area contributed by atoms with E-state index in [0.29, 0.717) is 50.3 Å². The number of hydrogen-bond donors (Lipinski definition) is 1. The average Bonchev–Trinajstić information content (AvgIpc) is 3.38. The molecule has 0 fully saturated rings. The molecule has 0 aliphatic carbocycles. The Kier molecular flexibility index (Phi) is 6.58. The third-order valence-electron chi connectivity index (χ3n) is 5.66. The lowest BCUT2D eigenvalue weighted by Gasteiger charge is -2.16. The lowest BCUT2D eigenvalue weighted by molar-refractivity contribution is 0.0926. The van der Waals surface area contributed by atoms with Crippen molar-refractivity contribution in [2.24, 2.45) is 4.99 Å². The van der Waals surface area contributed by atoms with Crippen LogP contribution in [0.1, 0.15) is 27.1 Å². The third kappa shape index (κ3) is 4.44. The molecule has 176 valence electrons. The lowest BCUT2D eigenvalue weighted by Crippen LogP contribution is -2.29. The second-order valence-electron chi connectivity index (χ2n) is 7.88. The molecule has 0 unspecified atom stereocenters. The van der Waals surface area contributed by atoms with Gasteiger partial charge in [-0.05, 0) is 48.9 Å². The molecule has 0 saturated carbocycles. The minimum atomic E-state index is -0.340. The quantitative estimate of drug-likeness (QED) is 0.318. The van der Waals surface area contributed by atoms with Crippen molar-refractivity contribution >= 4 is 57.7 Å². The topological polar surface area (TPSA) is 74.9 Å². The van der Waals surface area contributed by atoms with Crippen molar-refractivity contribution in [2.45, 2.75) is 13.0 Å². The predicted octanol–water partition coefficient (Wildman–Crippen LogP) is 5.94. The maximum atomic E-state index is 13.0. The Labute approximate surface area is 215 Å². The van der Waals surface area contributed by atoms with Crippen LogP contribution < -0.4 is 9.70 Å². The summed E-state index contributed by atoms with van der Waals surface area (Å²) in [6.07, 6.45) is 0.526. The van der Waals surface area contributed by atoms with E-state index in [0.717, 1.165) is 11.3 Å². The number of amides is 2. The summed E-state index contributed by atoms with van der Waals surface area (Å²) in [7, 11) is 0. The molecule has 6 nitrogen and oxygen atoms in total. The average molecular weight is 524 g/mol. The molecule has 1 N–H and O–H groups in total. The van der Waals surface area contributed by atoms with Gasteiger partial charge in [0.1, 0.15) is 0 Å². The van der Waals surface area contributed by atoms with Crippen LogP contribution in [0.15, 0.2) is 77.1 Å². The van der Waals surface area contributed by atoms with Crippen molar-refractivity contribution < 1.29 is 14.7 Å². The molecule has 0 bridgehead atoms. The largest absolute Gasteiger partial charge is 0.396 e. The number of imide groups is 1. The fourth-order valence-electron chi connectivity index (χ4n) is 4.00. The van der Waals surface area contributed by atoms with E-state index in [-0.39, 0.29) is 18.4 Å². The molecular weight excluding hydrogens is 505 g/mol. The summed E-state index contributed by atoms with van der Waals surface area (Å²) in [4.78, 5) is 32.5. The Morgan fingerprint density at radius 2 is 1.66 bits per heavy atom. The number of halogens is 2. The number of aliphatic hydroxyl groups is 1. The number of anilines is 1. The van der Waals surface area contributed by atoms with Gasteiger partial charge in [-0.2, -0.15) is 0 Å². The van der Waals surface area contributed by atoms with Crippen LogP contribution in [0.3, 0.4) is 0 Å². The van der Waals surface area contributed by atoms with Crippen LogP contribution in [0.5, 0.6) is 0 Å². The summed E-state index contributed by atoms with van der Waals surface area (Å²) >= 11 is 13.9. The highest BCUT2D eigenvalue weighted by Gasteiger charge is 2.36. The number of fused-ring (bicyclic) bond motifs is 1. The number of aromatic nitrogens is 1. The van der Waals surface area contributed by atoms with Crippen LogP contribution in [-0.4, -0.2) is 28.1 Å². The highest BCUT2D eigenvalue weighted by atomic mass is 35.5. The van der Waals surface area contributed by atoms with Crippen molar-refractivity contribution in [2.75, 3.05) is 11.5 Å². The molecule has 5 rings (SSSR count). The molecule has 3 aromatic carbocycles. The zero-order valence-corrected chi connectivity index (χ0v) is 20.6. The zero-order chi connectivity index (χ0) is 24.5. The summed E-state index contributed by atoms with van der Waals surface area (Å²) in [5.74, 6) is -0.681. The second kappa shape index (κ2) is 9.79. The molecule has 0 atom stereocenters. The number of carbonyl (C=O) groups excluding carboxylic acids is 2. The van der Waals surface area contributed by atoms with Crippen molar-refractivity contribution in [3.8, 4) is 11.3 Å². The minimum absolute atomic E-state index is 0.0225. The van der Waals surface area contributed by atoms with Crippen LogP contribution in [0.4, 0.5) is 11.4 Å². The summed E-state index contributed by atoms with van der Waals surface area (Å²) in [5, 5.41) is 12.4. The fraction of sp³-hybridized carbons (Fsp3) is 0.115. The number of benzene rings is 3. The van der Waals surface area contributed by atoms with Crippen LogP contribution in [0.2, 0.25) is 10.0 Å². The van der Waals surface area contributed by atoms with Crippen LogP contribution in [0.25, 0.3) is 11.3 Å². The lowest BCUT2D eigenvalue weighted by atomic mass is 10.1. The third-order valence-corrected chi connectivity index (χ3v) is 7.07. The molecular formula is C26H19Cl2N3O3S. The molecule has 9 heteroatoms. The van der Waals surface area contributed by atoms with Crippen LogP contribution in [-0.2, 0) is 6.54 Å². The maximum absolute atomic E-state index is 13.0. The first-order chi connectivity index (χ1) is 17.0. The zero-order valence-electron chi connectivity index (χ0n) is 18.3. The number of rotatable bonds is 6. The SMILES string of the molecule is O=C1c2ccccc2C(=O)N1c1cccc(-c2csc(=Nc3cc(Cl)ccc3Cl)n2CCCO)c1. The molecule has 2 amide bonds. The van der Waals surface area contributed by atoms with Gasteiger partial charge < -0.3 is 9.67 Å². The summed E-state index contributed by atoms with van der Waals surface area (Å²) in [6.45, 7) is 0.540. The first kappa shape index (κ1) is 23.5. The van der Waals surface area contributed by atoms with E-state index in [1.54, 1.807) is 48.5 Å². The molecule has 2 heterocycles. The first-order valence-electron chi connectivity index (χ1n) is 10.8. The van der Waals surface area contributed by atoms with Gasteiger partial charge in [-0.25, -0.2) is 9.89 Å². The fourth-order valence-corrected chi connectivity index (χ4v) is 5.27. The Morgan fingerprint density at radius 3 is 2.37 bits per heavy atom. The van der Waals surface area contributed by atoms with Gasteiger partial charge >= 0.3 is 0 Å². The van der Waals surface area contributed by atoms with Crippen molar-refractivity contribution in [3.05, 3.63) is 98.1 Å². The highest BCUT2D eigenvalue weighted by molar-refractivity contribution is 7.07. The number of hydrogen-bond acceptors (Lipinski definition) is 5. The van der Waals surface area contributed by atoms with E-state index in [2.05, 4.69) is 0 Å². The van der Waals surface area contributed by atoms with E-state index in [4.69, 9.17) is 28.2 Å². The van der Waals surface area contributed by atoms with Gasteiger partial charge in [0, 0.05) is 29.1 Å². The van der Waals surface area contributed by atoms with E-state index >= 15 is 0 Å². The van der Waals surface area contributed by atoms with E-state index < -0.39 is 0 Å². The monoisotopic (exact) mass is 523 g/mol. The molecule has 1 aliphatic heterocycles. The van der Waals surface area contributed by atoms with Gasteiger partial charge in [0.05, 0.1) is 33.2 Å². The Morgan fingerprint density at radius 1 is 0.914 bits per heavy atom. The Hall–Kier alpha value is -3.23. The smallest absolute Gasteiger partial charge is 0.266 e. The van der Waals surface area contributed by atoms with Gasteiger partial charge in [-0.3, -0.25) is 9.59 Å². The molecule has 0 saturated heterocycles. The molecule has 1 aliphatic rings. The van der Waals surface area contributed by atoms with Crippen LogP contribution >= 0.6 is 34.5 Å². The molecule has 1 aromatic heterocycles. The van der Waals surface area contributed by atoms with Gasteiger partial charge in [-0.1, -0.05) is 47.5 Å². The molecule has 0 radical (unpaired) electrons. The van der Waals surface area contributed by atoms with Gasteiger partial charge in [-0.15, -0.1) is 11.3 Å². The van der Waals surface area contributed by atoms with Crippen molar-refractivity contribution in [3.63, 3.8) is 0 Å². The first-order valence-corrected chi connectivity index (χ1v) is 12.5. The second-order valence-corrected chi connectivity index (χ2v) is 9.56.